The van der Waals surface area contributed by atoms with Crippen LogP contribution in [0.15, 0.2) is 17.6 Å². The maximum Gasteiger partial charge on any atom is 0.191 e. The van der Waals surface area contributed by atoms with Gasteiger partial charge in [0.1, 0.15) is 0 Å². The van der Waals surface area contributed by atoms with Gasteiger partial charge < -0.3 is 10.6 Å². The monoisotopic (exact) mass is 223 g/mol. The Hall–Kier alpha value is -0.990. The maximum absolute atomic E-state index is 4.18. The van der Waals surface area contributed by atoms with Crippen molar-refractivity contribution in [3.8, 4) is 0 Å². The Morgan fingerprint density at radius 3 is 2.75 bits per heavy atom. The van der Waals surface area contributed by atoms with Crippen LogP contribution in [-0.2, 0) is 0 Å². The molecule has 1 fully saturated rings. The summed E-state index contributed by atoms with van der Waals surface area (Å²) in [6, 6.07) is 0. The number of nitrogens with zero attached hydrogens (tertiary/aromatic N) is 1. The SMILES string of the molecule is C=CCNC(=NC)NCC1CCCCC1C. The zero-order valence-corrected chi connectivity index (χ0v) is 10.6. The van der Waals surface area contributed by atoms with E-state index in [4.69, 9.17) is 0 Å². The van der Waals surface area contributed by atoms with E-state index < -0.39 is 0 Å². The van der Waals surface area contributed by atoms with Crippen LogP contribution >= 0.6 is 0 Å². The molecule has 0 bridgehead atoms. The second-order valence-corrected chi connectivity index (χ2v) is 4.64. The highest BCUT2D eigenvalue weighted by Gasteiger charge is 2.20. The molecule has 92 valence electrons. The Kier molecular flexibility index (Phi) is 5.98. The molecule has 0 amide bonds. The lowest BCUT2D eigenvalue weighted by Crippen LogP contribution is -2.41. The summed E-state index contributed by atoms with van der Waals surface area (Å²) in [5.41, 5.74) is 0. The zero-order valence-electron chi connectivity index (χ0n) is 10.6. The molecular weight excluding hydrogens is 198 g/mol. The van der Waals surface area contributed by atoms with E-state index in [2.05, 4.69) is 29.1 Å². The van der Waals surface area contributed by atoms with Crippen molar-refractivity contribution < 1.29 is 0 Å². The van der Waals surface area contributed by atoms with Crippen molar-refractivity contribution in [1.29, 1.82) is 0 Å². The van der Waals surface area contributed by atoms with E-state index in [0.29, 0.717) is 0 Å². The quantitative estimate of drug-likeness (QED) is 0.435. The lowest BCUT2D eigenvalue weighted by Gasteiger charge is -2.29. The minimum absolute atomic E-state index is 0.764. The van der Waals surface area contributed by atoms with Gasteiger partial charge in [0.05, 0.1) is 0 Å². The molecule has 3 heteroatoms. The van der Waals surface area contributed by atoms with E-state index in [1.807, 2.05) is 13.1 Å². The van der Waals surface area contributed by atoms with Crippen LogP contribution in [0.5, 0.6) is 0 Å². The van der Waals surface area contributed by atoms with Gasteiger partial charge in [0.25, 0.3) is 0 Å². The third kappa shape index (κ3) is 4.25. The van der Waals surface area contributed by atoms with Crippen molar-refractivity contribution in [3.05, 3.63) is 12.7 Å². The molecule has 3 nitrogen and oxygen atoms in total. The normalized spacial score (nSPS) is 26.2. The summed E-state index contributed by atoms with van der Waals surface area (Å²) in [7, 11) is 1.81. The molecule has 1 aliphatic carbocycles. The fourth-order valence-electron chi connectivity index (χ4n) is 2.31. The fourth-order valence-corrected chi connectivity index (χ4v) is 2.31. The van der Waals surface area contributed by atoms with E-state index in [1.54, 1.807) is 0 Å². The van der Waals surface area contributed by atoms with Crippen LogP contribution in [0.2, 0.25) is 0 Å². The third-order valence-electron chi connectivity index (χ3n) is 3.46. The van der Waals surface area contributed by atoms with Crippen LogP contribution in [-0.4, -0.2) is 26.1 Å². The van der Waals surface area contributed by atoms with E-state index in [1.165, 1.54) is 25.7 Å². The molecule has 2 N–H and O–H groups in total. The van der Waals surface area contributed by atoms with Gasteiger partial charge in [-0.3, -0.25) is 4.99 Å². The first-order chi connectivity index (χ1) is 7.77. The van der Waals surface area contributed by atoms with Gasteiger partial charge in [0, 0.05) is 20.1 Å². The van der Waals surface area contributed by atoms with Gasteiger partial charge in [-0.25, -0.2) is 0 Å². The first kappa shape index (κ1) is 13.1. The van der Waals surface area contributed by atoms with E-state index in [-0.39, 0.29) is 0 Å². The highest BCUT2D eigenvalue weighted by atomic mass is 15.2. The molecular formula is C13H25N3. The van der Waals surface area contributed by atoms with Crippen molar-refractivity contribution in [2.24, 2.45) is 16.8 Å². The molecule has 0 saturated heterocycles. The van der Waals surface area contributed by atoms with Gasteiger partial charge in [0.15, 0.2) is 5.96 Å². The summed E-state index contributed by atoms with van der Waals surface area (Å²) in [6.45, 7) is 7.85. The average Bonchev–Trinajstić information content (AvgIpc) is 2.31. The van der Waals surface area contributed by atoms with Crippen molar-refractivity contribution >= 4 is 5.96 Å². The average molecular weight is 223 g/mol. The summed E-state index contributed by atoms with van der Waals surface area (Å²) in [6.07, 6.45) is 7.37. The van der Waals surface area contributed by atoms with Crippen LogP contribution in [0.1, 0.15) is 32.6 Å². The fraction of sp³-hybridized carbons (Fsp3) is 0.769. The molecule has 0 spiro atoms. The molecule has 0 radical (unpaired) electrons. The minimum atomic E-state index is 0.764. The third-order valence-corrected chi connectivity index (χ3v) is 3.46. The van der Waals surface area contributed by atoms with Gasteiger partial charge in [-0.2, -0.15) is 0 Å². The number of rotatable bonds is 4. The number of aliphatic imine (C=N–C) groups is 1. The summed E-state index contributed by atoms with van der Waals surface area (Å²) in [5.74, 6) is 2.53. The van der Waals surface area contributed by atoms with E-state index in [0.717, 1.165) is 30.9 Å². The molecule has 0 aromatic rings. The van der Waals surface area contributed by atoms with E-state index in [9.17, 15) is 0 Å². The molecule has 1 aliphatic rings. The van der Waals surface area contributed by atoms with Crippen LogP contribution in [0.25, 0.3) is 0 Å². The Balaban J connectivity index is 2.28. The van der Waals surface area contributed by atoms with Gasteiger partial charge in [-0.15, -0.1) is 6.58 Å². The maximum atomic E-state index is 4.18. The largest absolute Gasteiger partial charge is 0.356 e. The van der Waals surface area contributed by atoms with Crippen LogP contribution in [0.3, 0.4) is 0 Å². The first-order valence-electron chi connectivity index (χ1n) is 6.33. The summed E-state index contributed by atoms with van der Waals surface area (Å²) in [4.78, 5) is 4.18. The topological polar surface area (TPSA) is 36.4 Å². The highest BCUT2D eigenvalue weighted by molar-refractivity contribution is 5.79. The van der Waals surface area contributed by atoms with Gasteiger partial charge in [0.2, 0.25) is 0 Å². The number of guanidine groups is 1. The van der Waals surface area contributed by atoms with Gasteiger partial charge in [-0.1, -0.05) is 32.3 Å². The summed E-state index contributed by atoms with van der Waals surface area (Å²) >= 11 is 0. The van der Waals surface area contributed by atoms with Crippen LogP contribution < -0.4 is 10.6 Å². The second kappa shape index (κ2) is 7.31. The predicted octanol–water partition coefficient (Wildman–Crippen LogP) is 2.16. The smallest absolute Gasteiger partial charge is 0.191 e. The second-order valence-electron chi connectivity index (χ2n) is 4.64. The Morgan fingerprint density at radius 1 is 1.38 bits per heavy atom. The van der Waals surface area contributed by atoms with Crippen molar-refractivity contribution in [1.82, 2.24) is 10.6 Å². The highest BCUT2D eigenvalue weighted by Crippen LogP contribution is 2.28. The molecule has 2 atom stereocenters. The van der Waals surface area contributed by atoms with Crippen LogP contribution in [0, 0.1) is 11.8 Å². The van der Waals surface area contributed by atoms with Gasteiger partial charge >= 0.3 is 0 Å². The minimum Gasteiger partial charge on any atom is -0.356 e. The first-order valence-corrected chi connectivity index (χ1v) is 6.33. The van der Waals surface area contributed by atoms with Crippen LogP contribution in [0.4, 0.5) is 0 Å². The summed E-state index contributed by atoms with van der Waals surface area (Å²) < 4.78 is 0. The predicted molar refractivity (Wildman–Crippen MR) is 70.7 cm³/mol. The Bertz CT molecular complexity index is 235. The van der Waals surface area contributed by atoms with Crippen molar-refractivity contribution in [3.63, 3.8) is 0 Å². The molecule has 1 saturated carbocycles. The van der Waals surface area contributed by atoms with E-state index >= 15 is 0 Å². The Morgan fingerprint density at radius 2 is 2.12 bits per heavy atom. The standard InChI is InChI=1S/C13H25N3/c1-4-9-15-13(14-3)16-10-12-8-6-5-7-11(12)2/h4,11-12H,1,5-10H2,2-3H3,(H2,14,15,16). The molecule has 0 aliphatic heterocycles. The number of hydrogen-bond acceptors (Lipinski definition) is 1. The van der Waals surface area contributed by atoms with Crippen molar-refractivity contribution in [2.45, 2.75) is 32.6 Å². The molecule has 16 heavy (non-hydrogen) atoms. The number of nitrogens with one attached hydrogen (secondary N) is 2. The lowest BCUT2D eigenvalue weighted by molar-refractivity contribution is 0.256. The molecule has 1 rings (SSSR count). The van der Waals surface area contributed by atoms with Crippen molar-refractivity contribution in [2.75, 3.05) is 20.1 Å². The molecule has 0 aromatic heterocycles. The molecule has 0 heterocycles. The zero-order chi connectivity index (χ0) is 11.8. The lowest BCUT2D eigenvalue weighted by atomic mass is 9.80. The Labute approximate surface area is 99.4 Å². The van der Waals surface area contributed by atoms with Gasteiger partial charge in [-0.05, 0) is 18.3 Å². The summed E-state index contributed by atoms with van der Waals surface area (Å²) in [5, 5.41) is 6.59. The number of hydrogen-bond donors (Lipinski definition) is 2. The molecule has 0 aromatic carbocycles. The molecule has 2 unspecified atom stereocenters.